The zero-order chi connectivity index (χ0) is 16.5. The van der Waals surface area contributed by atoms with E-state index in [1.165, 1.54) is 0 Å². The van der Waals surface area contributed by atoms with Crippen molar-refractivity contribution >= 4 is 22.9 Å². The van der Waals surface area contributed by atoms with Gasteiger partial charge in [0.25, 0.3) is 0 Å². The van der Waals surface area contributed by atoms with Crippen LogP contribution in [0.15, 0.2) is 23.2 Å². The van der Waals surface area contributed by atoms with Gasteiger partial charge in [-0.25, -0.2) is 24.6 Å². The van der Waals surface area contributed by atoms with E-state index in [0.29, 0.717) is 11.3 Å². The molecule has 9 heteroatoms. The number of nitrogens with zero attached hydrogens (tertiary/aromatic N) is 8. The summed E-state index contributed by atoms with van der Waals surface area (Å²) < 4.78 is 4.78. The van der Waals surface area contributed by atoms with Crippen molar-refractivity contribution in [3.05, 3.63) is 24.3 Å². The Bertz CT molecular complexity index is 830. The molecule has 0 aromatic carbocycles. The first kappa shape index (κ1) is 14.7. The first-order valence-corrected chi connectivity index (χ1v) is 7.98. The fourth-order valence-corrected chi connectivity index (χ4v) is 2.93. The predicted octanol–water partition coefficient (Wildman–Crippen LogP) is 1.60. The van der Waals surface area contributed by atoms with Crippen molar-refractivity contribution in [1.82, 2.24) is 30.2 Å². The van der Waals surface area contributed by atoms with Crippen molar-refractivity contribution in [3.63, 3.8) is 0 Å². The number of rotatable bonds is 4. The van der Waals surface area contributed by atoms with E-state index in [1.54, 1.807) is 12.5 Å². The molecule has 1 fully saturated rings. The minimum Gasteiger partial charge on any atom is -0.353 e. The number of anilines is 2. The fourth-order valence-electron chi connectivity index (χ4n) is 2.93. The molecule has 0 unspecified atom stereocenters. The SMILES string of the molecule is C[C@@H](c1ccncn1)N(C)c1nc2nonc2nc1N1CCCC1. The molecule has 0 saturated carbocycles. The van der Waals surface area contributed by atoms with Gasteiger partial charge in [-0.05, 0) is 36.1 Å². The molecule has 9 nitrogen and oxygen atoms in total. The minimum atomic E-state index is 0.0148. The topological polar surface area (TPSA) is 97.0 Å². The summed E-state index contributed by atoms with van der Waals surface area (Å²) in [5.74, 6) is 1.57. The van der Waals surface area contributed by atoms with Gasteiger partial charge in [-0.2, -0.15) is 0 Å². The van der Waals surface area contributed by atoms with Crippen LogP contribution in [-0.2, 0) is 0 Å². The van der Waals surface area contributed by atoms with Crippen LogP contribution in [0.1, 0.15) is 31.5 Å². The summed E-state index contributed by atoms with van der Waals surface area (Å²) in [5, 5.41) is 7.66. The maximum Gasteiger partial charge on any atom is 0.245 e. The molecule has 4 rings (SSSR count). The first-order valence-electron chi connectivity index (χ1n) is 7.98. The van der Waals surface area contributed by atoms with E-state index in [0.717, 1.165) is 43.3 Å². The van der Waals surface area contributed by atoms with E-state index in [2.05, 4.69) is 47.0 Å². The van der Waals surface area contributed by atoms with E-state index in [4.69, 9.17) is 4.63 Å². The highest BCUT2D eigenvalue weighted by Gasteiger charge is 2.26. The highest BCUT2D eigenvalue weighted by Crippen LogP contribution is 2.32. The lowest BCUT2D eigenvalue weighted by atomic mass is 10.2. The zero-order valence-corrected chi connectivity index (χ0v) is 13.6. The monoisotopic (exact) mass is 326 g/mol. The van der Waals surface area contributed by atoms with Crippen LogP contribution in [0.25, 0.3) is 11.3 Å². The van der Waals surface area contributed by atoms with Crippen molar-refractivity contribution < 1.29 is 4.63 Å². The smallest absolute Gasteiger partial charge is 0.245 e. The molecular weight excluding hydrogens is 308 g/mol. The summed E-state index contributed by atoms with van der Waals surface area (Å²) in [7, 11) is 1.98. The molecule has 1 saturated heterocycles. The van der Waals surface area contributed by atoms with Gasteiger partial charge >= 0.3 is 0 Å². The lowest BCUT2D eigenvalue weighted by molar-refractivity contribution is 0.314. The van der Waals surface area contributed by atoms with Crippen LogP contribution >= 0.6 is 0 Å². The van der Waals surface area contributed by atoms with Crippen LogP contribution in [0.2, 0.25) is 0 Å². The zero-order valence-electron chi connectivity index (χ0n) is 13.6. The summed E-state index contributed by atoms with van der Waals surface area (Å²) in [6.45, 7) is 4.01. The van der Waals surface area contributed by atoms with Crippen molar-refractivity contribution in [2.45, 2.75) is 25.8 Å². The van der Waals surface area contributed by atoms with E-state index in [9.17, 15) is 0 Å². The Kier molecular flexibility index (Phi) is 3.68. The number of hydrogen-bond donors (Lipinski definition) is 0. The van der Waals surface area contributed by atoms with Gasteiger partial charge < -0.3 is 9.80 Å². The molecular formula is C15H18N8O. The third kappa shape index (κ3) is 2.51. The molecule has 24 heavy (non-hydrogen) atoms. The lowest BCUT2D eigenvalue weighted by Gasteiger charge is -2.29. The van der Waals surface area contributed by atoms with Gasteiger partial charge in [-0.15, -0.1) is 0 Å². The van der Waals surface area contributed by atoms with Gasteiger partial charge in [0.05, 0.1) is 11.7 Å². The van der Waals surface area contributed by atoms with Gasteiger partial charge in [0.15, 0.2) is 11.6 Å². The Morgan fingerprint density at radius 2 is 1.92 bits per heavy atom. The first-order chi connectivity index (χ1) is 11.7. The average Bonchev–Trinajstić information content (AvgIpc) is 3.31. The largest absolute Gasteiger partial charge is 0.353 e. The van der Waals surface area contributed by atoms with Crippen LogP contribution < -0.4 is 9.80 Å². The molecule has 3 aromatic rings. The third-order valence-corrected chi connectivity index (χ3v) is 4.43. The number of fused-ring (bicyclic) bond motifs is 1. The normalized spacial score (nSPS) is 15.8. The molecule has 4 heterocycles. The van der Waals surface area contributed by atoms with Gasteiger partial charge in [-0.3, -0.25) is 0 Å². The average molecular weight is 326 g/mol. The number of aromatic nitrogens is 6. The molecule has 1 atom stereocenters. The van der Waals surface area contributed by atoms with Gasteiger partial charge in [0.2, 0.25) is 11.3 Å². The summed E-state index contributed by atoms with van der Waals surface area (Å²) in [6.07, 6.45) is 5.60. The molecule has 0 spiro atoms. The second-order valence-corrected chi connectivity index (χ2v) is 5.90. The highest BCUT2D eigenvalue weighted by atomic mass is 16.6. The third-order valence-electron chi connectivity index (χ3n) is 4.43. The highest BCUT2D eigenvalue weighted by molar-refractivity contribution is 5.75. The molecule has 0 radical (unpaired) electrons. The Balaban J connectivity index is 1.77. The van der Waals surface area contributed by atoms with Crippen molar-refractivity contribution in [2.75, 3.05) is 29.9 Å². The quantitative estimate of drug-likeness (QED) is 0.708. The van der Waals surface area contributed by atoms with Crippen LogP contribution in [0.4, 0.5) is 11.6 Å². The maximum absolute atomic E-state index is 4.78. The molecule has 0 aliphatic carbocycles. The minimum absolute atomic E-state index is 0.0148. The fraction of sp³-hybridized carbons (Fsp3) is 0.467. The lowest BCUT2D eigenvalue weighted by Crippen LogP contribution is -2.28. The Morgan fingerprint density at radius 3 is 2.62 bits per heavy atom. The van der Waals surface area contributed by atoms with E-state index in [1.807, 2.05) is 13.1 Å². The Morgan fingerprint density at radius 1 is 1.17 bits per heavy atom. The molecule has 0 amide bonds. The summed E-state index contributed by atoms with van der Waals surface area (Å²) in [5.41, 5.74) is 1.76. The summed E-state index contributed by atoms with van der Waals surface area (Å²) in [4.78, 5) is 21.9. The molecule has 0 bridgehead atoms. The number of hydrogen-bond acceptors (Lipinski definition) is 9. The Hall–Kier alpha value is -2.84. The molecule has 1 aliphatic heterocycles. The molecule has 0 N–H and O–H groups in total. The van der Waals surface area contributed by atoms with Crippen LogP contribution in [-0.4, -0.2) is 50.4 Å². The Labute approximate surface area is 138 Å². The molecule has 3 aromatic heterocycles. The summed E-state index contributed by atoms with van der Waals surface area (Å²) >= 11 is 0. The second-order valence-electron chi connectivity index (χ2n) is 5.90. The van der Waals surface area contributed by atoms with E-state index in [-0.39, 0.29) is 6.04 Å². The van der Waals surface area contributed by atoms with Crippen LogP contribution in [0.3, 0.4) is 0 Å². The van der Waals surface area contributed by atoms with Crippen molar-refractivity contribution in [1.29, 1.82) is 0 Å². The summed E-state index contributed by atoms with van der Waals surface area (Å²) in [6, 6.07) is 1.92. The predicted molar refractivity (Wildman–Crippen MR) is 87.7 cm³/mol. The molecule has 124 valence electrons. The standard InChI is InChI=1S/C15H18N8O/c1-10(11-5-6-16-9-17-11)22(2)14-15(23-7-3-4-8-23)19-13-12(18-14)20-24-21-13/h5-6,9-10H,3-4,7-8H2,1-2H3/t10-/m0/s1. The van der Waals surface area contributed by atoms with Gasteiger partial charge in [0, 0.05) is 26.3 Å². The molecule has 1 aliphatic rings. The maximum atomic E-state index is 4.78. The van der Waals surface area contributed by atoms with Crippen LogP contribution in [0.5, 0.6) is 0 Å². The van der Waals surface area contributed by atoms with Crippen molar-refractivity contribution in [3.8, 4) is 0 Å². The second kappa shape index (κ2) is 5.99. The van der Waals surface area contributed by atoms with Crippen LogP contribution in [0, 0.1) is 0 Å². The van der Waals surface area contributed by atoms with E-state index < -0.39 is 0 Å². The van der Waals surface area contributed by atoms with Gasteiger partial charge in [-0.1, -0.05) is 0 Å². The van der Waals surface area contributed by atoms with E-state index >= 15 is 0 Å². The van der Waals surface area contributed by atoms with Gasteiger partial charge in [0.1, 0.15) is 6.33 Å². The van der Waals surface area contributed by atoms with Crippen molar-refractivity contribution in [2.24, 2.45) is 0 Å².